The number of benzene rings is 2. The highest BCUT2D eigenvalue weighted by Gasteiger charge is 2.44. The molecule has 0 bridgehead atoms. The molecule has 2 aromatic carbocycles. The summed E-state index contributed by atoms with van der Waals surface area (Å²) in [5.41, 5.74) is 4.00. The molecule has 1 unspecified atom stereocenters. The SMILES string of the molecule is C=C1CCC(N2C(=O)c3ccc(OCCCCCN4CCC(OC5CC(Oc6ccc7nc(/C=C/c8ccnc(OC)c8)ccc7c6)C5)CC4)cc3C2=O)C(=O)N1. The van der Waals surface area contributed by atoms with E-state index in [2.05, 4.69) is 33.9 Å². The second-order valence-corrected chi connectivity index (χ2v) is 15.3. The second-order valence-electron chi connectivity index (χ2n) is 15.3. The van der Waals surface area contributed by atoms with Crippen LogP contribution in [0.5, 0.6) is 17.4 Å². The van der Waals surface area contributed by atoms with E-state index < -0.39 is 17.9 Å². The highest BCUT2D eigenvalue weighted by Crippen LogP contribution is 2.33. The Kier molecular flexibility index (Phi) is 11.6. The van der Waals surface area contributed by atoms with Gasteiger partial charge >= 0.3 is 0 Å². The minimum Gasteiger partial charge on any atom is -0.494 e. The number of nitrogens with one attached hydrogen (secondary N) is 1. The number of rotatable bonds is 15. The lowest BCUT2D eigenvalue weighted by Gasteiger charge is -2.40. The molecule has 0 radical (unpaired) electrons. The number of hydrogen-bond donors (Lipinski definition) is 1. The Labute approximate surface area is 332 Å². The average Bonchev–Trinajstić information content (AvgIpc) is 3.45. The highest BCUT2D eigenvalue weighted by molar-refractivity contribution is 6.23. The van der Waals surface area contributed by atoms with E-state index in [1.54, 1.807) is 31.5 Å². The lowest BCUT2D eigenvalue weighted by Crippen LogP contribution is -2.51. The molecule has 1 aliphatic carbocycles. The number of imide groups is 1. The number of carbonyl (C=O) groups is 3. The summed E-state index contributed by atoms with van der Waals surface area (Å²) in [5, 5.41) is 3.71. The summed E-state index contributed by atoms with van der Waals surface area (Å²) in [6, 6.07) is 18.1. The van der Waals surface area contributed by atoms with Crippen molar-refractivity contribution < 1.29 is 33.3 Å². The van der Waals surface area contributed by atoms with Crippen molar-refractivity contribution in [1.82, 2.24) is 25.1 Å². The Bertz CT molecular complexity index is 2170. The number of aromatic nitrogens is 2. The fourth-order valence-electron chi connectivity index (χ4n) is 7.99. The number of hydrogen-bond acceptors (Lipinski definition) is 10. The molecule has 1 atom stereocenters. The summed E-state index contributed by atoms with van der Waals surface area (Å²) in [5.74, 6) is 0.740. The lowest BCUT2D eigenvalue weighted by atomic mass is 9.91. The van der Waals surface area contributed by atoms with Crippen LogP contribution < -0.4 is 19.5 Å². The van der Waals surface area contributed by atoms with Crippen LogP contribution in [0, 0.1) is 0 Å². The first-order chi connectivity index (χ1) is 27.8. The highest BCUT2D eigenvalue weighted by atomic mass is 16.5. The molecule has 5 heterocycles. The van der Waals surface area contributed by atoms with Gasteiger partial charge in [-0.25, -0.2) is 9.97 Å². The van der Waals surface area contributed by atoms with Crippen molar-refractivity contribution in [3.63, 3.8) is 0 Å². The van der Waals surface area contributed by atoms with Crippen molar-refractivity contribution in [1.29, 1.82) is 0 Å². The zero-order valence-corrected chi connectivity index (χ0v) is 32.4. The van der Waals surface area contributed by atoms with Gasteiger partial charge in [0.25, 0.3) is 11.8 Å². The van der Waals surface area contributed by atoms with E-state index in [1.165, 1.54) is 0 Å². The smallest absolute Gasteiger partial charge is 0.262 e. The van der Waals surface area contributed by atoms with E-state index in [4.69, 9.17) is 23.9 Å². The number of carbonyl (C=O) groups excluding carboxylic acids is 3. The first-order valence-electron chi connectivity index (χ1n) is 20.1. The Morgan fingerprint density at radius 1 is 0.842 bits per heavy atom. The summed E-state index contributed by atoms with van der Waals surface area (Å²) < 4.78 is 23.9. The molecule has 2 saturated heterocycles. The van der Waals surface area contributed by atoms with Crippen LogP contribution in [0.15, 0.2) is 79.1 Å². The fraction of sp³-hybridized carbons (Fsp3) is 0.400. The van der Waals surface area contributed by atoms with Gasteiger partial charge in [-0.05, 0) is 112 Å². The zero-order valence-electron chi connectivity index (χ0n) is 32.4. The van der Waals surface area contributed by atoms with Gasteiger partial charge in [0.2, 0.25) is 11.8 Å². The van der Waals surface area contributed by atoms with Crippen LogP contribution in [0.1, 0.15) is 89.8 Å². The van der Waals surface area contributed by atoms with E-state index in [0.29, 0.717) is 48.4 Å². The Morgan fingerprint density at radius 2 is 1.67 bits per heavy atom. The molecule has 0 spiro atoms. The average molecular weight is 772 g/mol. The molecule has 8 rings (SSSR count). The van der Waals surface area contributed by atoms with Gasteiger partial charge in [0.05, 0.1) is 48.3 Å². The molecule has 1 saturated carbocycles. The molecular weight excluding hydrogens is 723 g/mol. The largest absolute Gasteiger partial charge is 0.494 e. The Morgan fingerprint density at radius 3 is 2.49 bits per heavy atom. The maximum absolute atomic E-state index is 13.1. The van der Waals surface area contributed by atoms with Gasteiger partial charge in [0, 0.05) is 49.3 Å². The van der Waals surface area contributed by atoms with Crippen molar-refractivity contribution in [2.45, 2.75) is 82.1 Å². The molecular formula is C45H49N5O7. The maximum Gasteiger partial charge on any atom is 0.262 e. The molecule has 2 aromatic heterocycles. The predicted molar refractivity (Wildman–Crippen MR) is 216 cm³/mol. The van der Waals surface area contributed by atoms with Crippen LogP contribution in [-0.4, -0.2) is 95.2 Å². The van der Waals surface area contributed by atoms with E-state index in [9.17, 15) is 14.4 Å². The molecule has 3 fully saturated rings. The molecule has 12 nitrogen and oxygen atoms in total. The zero-order chi connectivity index (χ0) is 39.3. The van der Waals surface area contributed by atoms with Gasteiger partial charge in [-0.3, -0.25) is 19.3 Å². The standard InChI is InChI=1S/C45H49N5O7/c1-29-6-15-41(43(51)47-29)50-44(52)38-13-11-34(28-39(38)45(50)53)55-23-5-3-4-20-49-21-17-33(18-22-49)56-36-26-37(27-36)57-35-12-14-40-31(25-35)8-10-32(48-40)9-7-30-16-19-46-42(24-30)54-2/h7-14,16,19,24-25,28,33,36-37,41H,1,3-6,15,17-18,20-23,26-27H2,2H3,(H,47,51)/b9-7+. The third kappa shape index (κ3) is 9.03. The van der Waals surface area contributed by atoms with Gasteiger partial charge in [-0.15, -0.1) is 0 Å². The van der Waals surface area contributed by atoms with Gasteiger partial charge in [0.1, 0.15) is 23.6 Å². The topological polar surface area (TPSA) is 132 Å². The van der Waals surface area contributed by atoms with Crippen LogP contribution in [0.2, 0.25) is 0 Å². The van der Waals surface area contributed by atoms with Crippen molar-refractivity contribution in [3.05, 3.63) is 102 Å². The van der Waals surface area contributed by atoms with Crippen molar-refractivity contribution in [2.75, 3.05) is 33.4 Å². The first kappa shape index (κ1) is 38.3. The summed E-state index contributed by atoms with van der Waals surface area (Å²) in [6.45, 7) is 7.45. The minimum absolute atomic E-state index is 0.168. The quantitative estimate of drug-likeness (QED) is 0.101. The summed E-state index contributed by atoms with van der Waals surface area (Å²) in [7, 11) is 1.61. The monoisotopic (exact) mass is 771 g/mol. The van der Waals surface area contributed by atoms with Crippen LogP contribution in [0.25, 0.3) is 23.1 Å². The number of methoxy groups -OCH3 is 1. The molecule has 12 heteroatoms. The van der Waals surface area contributed by atoms with E-state index >= 15 is 0 Å². The number of fused-ring (bicyclic) bond motifs is 2. The summed E-state index contributed by atoms with van der Waals surface area (Å²) >= 11 is 0. The van der Waals surface area contributed by atoms with Crippen LogP contribution in [-0.2, 0) is 9.53 Å². The number of ether oxygens (including phenoxy) is 4. The van der Waals surface area contributed by atoms with Gasteiger partial charge in [-0.1, -0.05) is 18.7 Å². The normalized spacial score (nSPS) is 21.5. The number of allylic oxidation sites excluding steroid dienone is 1. The molecule has 1 N–H and O–H groups in total. The van der Waals surface area contributed by atoms with Crippen LogP contribution >= 0.6 is 0 Å². The van der Waals surface area contributed by atoms with E-state index in [-0.39, 0.29) is 23.7 Å². The number of pyridine rings is 2. The molecule has 57 heavy (non-hydrogen) atoms. The van der Waals surface area contributed by atoms with Crippen molar-refractivity contribution in [2.24, 2.45) is 0 Å². The maximum atomic E-state index is 13.1. The van der Waals surface area contributed by atoms with Crippen molar-refractivity contribution >= 4 is 40.8 Å². The van der Waals surface area contributed by atoms with Gasteiger partial charge in [-0.2, -0.15) is 0 Å². The third-order valence-electron chi connectivity index (χ3n) is 11.3. The number of amides is 3. The van der Waals surface area contributed by atoms with Gasteiger partial charge < -0.3 is 29.2 Å². The number of piperidine rings is 2. The van der Waals surface area contributed by atoms with E-state index in [0.717, 1.165) is 97.4 Å². The predicted octanol–water partition coefficient (Wildman–Crippen LogP) is 6.84. The molecule has 296 valence electrons. The number of nitrogens with zero attached hydrogens (tertiary/aromatic N) is 4. The lowest BCUT2D eigenvalue weighted by molar-refractivity contribution is -0.125. The van der Waals surface area contributed by atoms with E-state index in [1.807, 2.05) is 42.5 Å². The van der Waals surface area contributed by atoms with Crippen LogP contribution in [0.4, 0.5) is 0 Å². The second kappa shape index (κ2) is 17.3. The summed E-state index contributed by atoms with van der Waals surface area (Å²) in [4.78, 5) is 51.1. The first-order valence-corrected chi connectivity index (χ1v) is 20.1. The number of unbranched alkanes of at least 4 members (excludes halogenated alkanes) is 2. The van der Waals surface area contributed by atoms with Gasteiger partial charge in [0.15, 0.2) is 0 Å². The Balaban J connectivity index is 0.692. The molecule has 4 aliphatic rings. The third-order valence-corrected chi connectivity index (χ3v) is 11.3. The molecule has 4 aromatic rings. The summed E-state index contributed by atoms with van der Waals surface area (Å²) in [6.07, 6.45) is 14.3. The fourth-order valence-corrected chi connectivity index (χ4v) is 7.99. The molecule has 3 aliphatic heterocycles. The minimum atomic E-state index is -0.821. The van der Waals surface area contributed by atoms with Crippen molar-refractivity contribution in [3.8, 4) is 17.4 Å². The van der Waals surface area contributed by atoms with Crippen LogP contribution in [0.3, 0.4) is 0 Å². The Hall–Kier alpha value is -5.59. The number of likely N-dealkylation sites (tertiary alicyclic amines) is 1. The molecule has 3 amide bonds.